The number of nitriles is 1. The van der Waals surface area contributed by atoms with E-state index in [2.05, 4.69) is 26.5 Å². The zero-order valence-corrected chi connectivity index (χ0v) is 36.7. The summed E-state index contributed by atoms with van der Waals surface area (Å²) in [6.45, 7) is 12.2. The number of nitrogens with one attached hydrogen (secondary N) is 1. The van der Waals surface area contributed by atoms with E-state index in [1.807, 2.05) is 55.3 Å². The average molecular weight is 866 g/mol. The van der Waals surface area contributed by atoms with Gasteiger partial charge in [0.1, 0.15) is 17.9 Å². The molecular formula is C45H50ClF2N11O3. The normalized spacial score (nSPS) is 18.7. The molecule has 0 saturated heterocycles. The van der Waals surface area contributed by atoms with Crippen molar-refractivity contribution in [1.82, 2.24) is 39.7 Å². The molecule has 0 bridgehead atoms. The van der Waals surface area contributed by atoms with Crippen molar-refractivity contribution in [1.29, 1.82) is 5.26 Å². The van der Waals surface area contributed by atoms with Crippen LogP contribution < -0.4 is 19.9 Å². The van der Waals surface area contributed by atoms with Gasteiger partial charge in [-0.2, -0.15) is 15.5 Å². The molecule has 0 spiro atoms. The number of carbonyl (C=O) groups excluding carboxylic acids is 2. The molecule has 324 valence electrons. The van der Waals surface area contributed by atoms with E-state index in [-0.39, 0.29) is 29.5 Å². The first kappa shape index (κ1) is 42.6. The van der Waals surface area contributed by atoms with Crippen molar-refractivity contribution in [3.05, 3.63) is 93.7 Å². The molecule has 17 heteroatoms. The molecule has 2 aromatic carbocycles. The van der Waals surface area contributed by atoms with Gasteiger partial charge in [0.25, 0.3) is 12.3 Å². The molecule has 14 nitrogen and oxygen atoms in total. The van der Waals surface area contributed by atoms with E-state index in [1.165, 1.54) is 12.4 Å². The van der Waals surface area contributed by atoms with Crippen LogP contribution in [0.1, 0.15) is 85.8 Å². The molecule has 3 aromatic heterocycles. The fraction of sp³-hybridized carbons (Fsp3) is 0.444. The van der Waals surface area contributed by atoms with Crippen LogP contribution in [0, 0.1) is 22.2 Å². The minimum atomic E-state index is -2.70. The predicted octanol–water partition coefficient (Wildman–Crippen LogP) is 7.27. The molecule has 2 aliphatic heterocycles. The van der Waals surface area contributed by atoms with Gasteiger partial charge in [-0.15, -0.1) is 0 Å². The Balaban J connectivity index is 0.972. The standard InChI is InChI=1S/C45H50ClF2N11O3/c1-26(60)57-14-12-36-34(25-57)39(58-13-8-9-27-17-32(30-23-52-56(7)24-30)33(38(47)48)19-37(27)58)54-59(36)16-15-55(6)43-50-21-29(22-51-43)40(61)53-41-44(2,3)42(45(41,4)5)62-31-11-10-28(20-49)35(46)18-31/h10-11,17-19,21-24,38,41-42H,8-9,12-16,25H2,1-7H3,(H,53,61). The first-order chi connectivity index (χ1) is 29.5. The van der Waals surface area contributed by atoms with Crippen LogP contribution in [0.4, 0.5) is 26.2 Å². The summed E-state index contributed by atoms with van der Waals surface area (Å²) in [4.78, 5) is 41.0. The molecule has 3 aliphatic rings. The van der Waals surface area contributed by atoms with Gasteiger partial charge in [-0.1, -0.05) is 39.3 Å². The Labute approximate surface area is 364 Å². The lowest BCUT2D eigenvalue weighted by atomic mass is 9.49. The summed E-state index contributed by atoms with van der Waals surface area (Å²) in [6.07, 6.45) is 5.59. The van der Waals surface area contributed by atoms with Crippen LogP contribution in [0.5, 0.6) is 5.75 Å². The quantitative estimate of drug-likeness (QED) is 0.144. The van der Waals surface area contributed by atoms with E-state index in [1.54, 1.807) is 60.2 Å². The number of halogens is 3. The number of nitrogens with zero attached hydrogens (tertiary/aromatic N) is 10. The molecule has 5 heterocycles. The van der Waals surface area contributed by atoms with Gasteiger partial charge in [0, 0.05) is 117 Å². The van der Waals surface area contributed by atoms with E-state index >= 15 is 0 Å². The van der Waals surface area contributed by atoms with Crippen LogP contribution in [-0.4, -0.2) is 85.1 Å². The van der Waals surface area contributed by atoms with Gasteiger partial charge in [0.05, 0.1) is 35.4 Å². The fourth-order valence-electron chi connectivity index (χ4n) is 9.79. The van der Waals surface area contributed by atoms with Crippen LogP contribution >= 0.6 is 11.6 Å². The Morgan fingerprint density at radius 2 is 1.82 bits per heavy atom. The summed E-state index contributed by atoms with van der Waals surface area (Å²) in [7, 11) is 3.64. The minimum Gasteiger partial charge on any atom is -0.489 e. The number of likely N-dealkylation sites (N-methyl/N-ethyl adjacent to an activating group) is 1. The van der Waals surface area contributed by atoms with Crippen molar-refractivity contribution in [3.63, 3.8) is 0 Å². The first-order valence-corrected chi connectivity index (χ1v) is 21.1. The van der Waals surface area contributed by atoms with Crippen molar-refractivity contribution in [3.8, 4) is 22.9 Å². The zero-order chi connectivity index (χ0) is 44.2. The highest BCUT2D eigenvalue weighted by atomic mass is 35.5. The number of hydrogen-bond acceptors (Lipinski definition) is 10. The Bertz CT molecular complexity index is 2570. The Kier molecular flexibility index (Phi) is 11.2. The summed E-state index contributed by atoms with van der Waals surface area (Å²) in [5.41, 5.74) is 4.45. The number of rotatable bonds is 11. The molecule has 1 fully saturated rings. The summed E-state index contributed by atoms with van der Waals surface area (Å²) in [6, 6.07) is 10.3. The van der Waals surface area contributed by atoms with Crippen molar-refractivity contribution in [2.45, 2.75) is 85.5 Å². The lowest BCUT2D eigenvalue weighted by Gasteiger charge is -2.63. The Hall–Kier alpha value is -6.08. The van der Waals surface area contributed by atoms with E-state index in [4.69, 9.17) is 21.4 Å². The smallest absolute Gasteiger partial charge is 0.264 e. The van der Waals surface area contributed by atoms with Gasteiger partial charge in [-0.05, 0) is 48.2 Å². The molecule has 5 aromatic rings. The van der Waals surface area contributed by atoms with Crippen LogP contribution in [0.25, 0.3) is 11.1 Å². The molecule has 0 atom stereocenters. The Morgan fingerprint density at radius 1 is 1.08 bits per heavy atom. The summed E-state index contributed by atoms with van der Waals surface area (Å²) >= 11 is 6.26. The molecule has 1 N–H and O–H groups in total. The number of alkyl halides is 2. The second-order valence-corrected chi connectivity index (χ2v) is 18.1. The first-order valence-electron chi connectivity index (χ1n) is 20.7. The lowest BCUT2D eigenvalue weighted by molar-refractivity contribution is -0.164. The number of fused-ring (bicyclic) bond motifs is 2. The van der Waals surface area contributed by atoms with Gasteiger partial charge in [-0.25, -0.2) is 18.7 Å². The molecular weight excluding hydrogens is 816 g/mol. The number of aromatic nitrogens is 6. The Morgan fingerprint density at radius 3 is 2.47 bits per heavy atom. The highest BCUT2D eigenvalue weighted by molar-refractivity contribution is 6.31. The molecule has 0 radical (unpaired) electrons. The van der Waals surface area contributed by atoms with Gasteiger partial charge >= 0.3 is 0 Å². The molecule has 2 amide bonds. The average Bonchev–Trinajstić information content (AvgIpc) is 3.85. The number of carbonyl (C=O) groups is 2. The van der Waals surface area contributed by atoms with Gasteiger partial charge in [-0.3, -0.25) is 19.0 Å². The summed E-state index contributed by atoms with van der Waals surface area (Å²) in [5.74, 6) is 1.32. The minimum absolute atomic E-state index is 0.0349. The van der Waals surface area contributed by atoms with Crippen molar-refractivity contribution >= 4 is 40.9 Å². The third kappa shape index (κ3) is 7.71. The van der Waals surface area contributed by atoms with E-state index < -0.39 is 17.3 Å². The van der Waals surface area contributed by atoms with Gasteiger partial charge in [0.2, 0.25) is 11.9 Å². The van der Waals surface area contributed by atoms with Crippen LogP contribution in [0.15, 0.2) is 55.1 Å². The predicted molar refractivity (Wildman–Crippen MR) is 231 cm³/mol. The van der Waals surface area contributed by atoms with E-state index in [0.29, 0.717) is 89.6 Å². The lowest BCUT2D eigenvalue weighted by Crippen LogP contribution is -2.74. The van der Waals surface area contributed by atoms with Crippen molar-refractivity contribution in [2.75, 3.05) is 36.5 Å². The SMILES string of the molecule is CC(=O)N1CCc2c(c(N3CCCc4cc(-c5cnn(C)c5)c(C(F)F)cc43)nn2CCN(C)c2ncc(C(=O)NC3C(C)(C)C(Oc4ccc(C#N)c(Cl)c4)C3(C)C)cn2)C1. The van der Waals surface area contributed by atoms with Crippen LogP contribution in [0.3, 0.4) is 0 Å². The van der Waals surface area contributed by atoms with Crippen LogP contribution in [-0.2, 0) is 37.8 Å². The number of hydrogen-bond donors (Lipinski definition) is 1. The van der Waals surface area contributed by atoms with Crippen molar-refractivity contribution in [2.24, 2.45) is 17.9 Å². The highest BCUT2D eigenvalue weighted by Crippen LogP contribution is 2.55. The largest absolute Gasteiger partial charge is 0.489 e. The van der Waals surface area contributed by atoms with Gasteiger partial charge < -0.3 is 24.8 Å². The molecule has 8 rings (SSSR count). The summed E-state index contributed by atoms with van der Waals surface area (Å²) in [5, 5.41) is 22.1. The molecule has 0 unspecified atom stereocenters. The number of aryl methyl sites for hydroxylation is 2. The van der Waals surface area contributed by atoms with Crippen LogP contribution in [0.2, 0.25) is 5.02 Å². The highest BCUT2D eigenvalue weighted by Gasteiger charge is 2.64. The van der Waals surface area contributed by atoms with Crippen molar-refractivity contribution < 1.29 is 23.1 Å². The number of ether oxygens (including phenoxy) is 1. The number of benzene rings is 2. The second-order valence-electron chi connectivity index (χ2n) is 17.7. The summed E-state index contributed by atoms with van der Waals surface area (Å²) < 4.78 is 39.3. The topological polar surface area (TPSA) is 150 Å². The maximum Gasteiger partial charge on any atom is 0.264 e. The maximum atomic E-state index is 14.7. The number of amides is 2. The monoisotopic (exact) mass is 865 g/mol. The zero-order valence-electron chi connectivity index (χ0n) is 35.9. The number of anilines is 3. The molecule has 62 heavy (non-hydrogen) atoms. The third-order valence-electron chi connectivity index (χ3n) is 12.8. The maximum absolute atomic E-state index is 14.7. The molecule has 1 saturated carbocycles. The molecule has 1 aliphatic carbocycles. The second kappa shape index (κ2) is 16.3. The third-order valence-corrected chi connectivity index (χ3v) is 13.1. The van der Waals surface area contributed by atoms with Gasteiger partial charge in [0.15, 0.2) is 5.82 Å². The van der Waals surface area contributed by atoms with E-state index in [9.17, 15) is 23.6 Å². The van der Waals surface area contributed by atoms with E-state index in [0.717, 1.165) is 29.7 Å². The fourth-order valence-corrected chi connectivity index (χ4v) is 10.0.